The lowest BCUT2D eigenvalue weighted by Crippen LogP contribution is -2.43. The highest BCUT2D eigenvalue weighted by atomic mass is 28.4. The minimum atomic E-state index is -2.70. The van der Waals surface area contributed by atoms with Gasteiger partial charge in [0.15, 0.2) is 0 Å². The molecule has 0 aromatic heterocycles. The number of hydrogen-bond acceptors (Lipinski definition) is 8. The van der Waals surface area contributed by atoms with Crippen molar-refractivity contribution >= 4 is 26.7 Å². The lowest BCUT2D eigenvalue weighted by Gasteiger charge is -2.24. The van der Waals surface area contributed by atoms with Crippen LogP contribution in [-0.2, 0) is 22.8 Å². The third kappa shape index (κ3) is 6.14. The quantitative estimate of drug-likeness (QED) is 0.356. The Morgan fingerprint density at radius 3 is 1.67 bits per heavy atom. The molecule has 1 rings (SSSR count). The molecule has 10 heteroatoms. The second-order valence-corrected chi connectivity index (χ2v) is 8.53. The maximum Gasteiger partial charge on any atom is 0.500 e. The molecule has 0 heterocycles. The molecule has 1 N–H and O–H groups in total. The Labute approximate surface area is 159 Å². The molecule has 0 bridgehead atoms. The number of ether oxygens (including phenoxy) is 2. The van der Waals surface area contributed by atoms with Crippen LogP contribution in [0, 0.1) is 0 Å². The minimum absolute atomic E-state index is 0.0788. The number of carbonyl (C=O) groups excluding carboxylic acids is 3. The van der Waals surface area contributed by atoms with Crippen LogP contribution >= 0.6 is 0 Å². The highest BCUT2D eigenvalue weighted by molar-refractivity contribution is 6.60. The van der Waals surface area contributed by atoms with Crippen molar-refractivity contribution in [3.8, 4) is 0 Å². The van der Waals surface area contributed by atoms with Gasteiger partial charge in [0.2, 0.25) is 0 Å². The molecule has 27 heavy (non-hydrogen) atoms. The SMILES string of the molecule is COC(=O)c1cc(C(=O)NCCC[Si](OC)(OC)OC)cc(C(=O)OC)c1. The van der Waals surface area contributed by atoms with Crippen LogP contribution in [0.5, 0.6) is 0 Å². The van der Waals surface area contributed by atoms with Crippen molar-refractivity contribution in [2.75, 3.05) is 42.1 Å². The molecule has 0 unspecified atom stereocenters. The van der Waals surface area contributed by atoms with Gasteiger partial charge in [-0.3, -0.25) is 4.79 Å². The normalized spacial score (nSPS) is 11.0. The van der Waals surface area contributed by atoms with Crippen molar-refractivity contribution in [1.29, 1.82) is 0 Å². The molecule has 0 saturated carbocycles. The minimum Gasteiger partial charge on any atom is -0.465 e. The standard InChI is InChI=1S/C17H25NO8Si/c1-22-16(20)13-9-12(10-14(11-13)17(21)23-2)15(19)18-7-6-8-27(24-3,25-4)26-5/h9-11H,6-8H2,1-5H3,(H,18,19). The lowest BCUT2D eigenvalue weighted by atomic mass is 10.0. The lowest BCUT2D eigenvalue weighted by molar-refractivity contribution is 0.0599. The summed E-state index contributed by atoms with van der Waals surface area (Å²) in [5.74, 6) is -1.76. The van der Waals surface area contributed by atoms with E-state index < -0.39 is 26.7 Å². The fraction of sp³-hybridized carbons (Fsp3) is 0.471. The third-order valence-corrected chi connectivity index (χ3v) is 6.75. The van der Waals surface area contributed by atoms with E-state index in [1.807, 2.05) is 0 Å². The van der Waals surface area contributed by atoms with Crippen molar-refractivity contribution < 1.29 is 37.1 Å². The molecule has 0 aliphatic carbocycles. The highest BCUT2D eigenvalue weighted by Crippen LogP contribution is 2.15. The Balaban J connectivity index is 2.84. The number of nitrogens with one attached hydrogen (secondary N) is 1. The Morgan fingerprint density at radius 1 is 0.815 bits per heavy atom. The van der Waals surface area contributed by atoms with Gasteiger partial charge in [0.25, 0.3) is 5.91 Å². The average molecular weight is 399 g/mol. The first-order chi connectivity index (χ1) is 12.9. The number of carbonyl (C=O) groups is 3. The molecular formula is C17H25NO8Si. The summed E-state index contributed by atoms with van der Waals surface area (Å²) in [7, 11) is 4.28. The smallest absolute Gasteiger partial charge is 0.465 e. The first kappa shape index (κ1) is 22.8. The van der Waals surface area contributed by atoms with Crippen LogP contribution < -0.4 is 5.32 Å². The Kier molecular flexibility index (Phi) is 9.08. The van der Waals surface area contributed by atoms with E-state index in [9.17, 15) is 14.4 Å². The van der Waals surface area contributed by atoms with E-state index in [4.69, 9.17) is 13.3 Å². The summed E-state index contributed by atoms with van der Waals surface area (Å²) in [5, 5.41) is 2.72. The summed E-state index contributed by atoms with van der Waals surface area (Å²) < 4.78 is 25.3. The summed E-state index contributed by atoms with van der Waals surface area (Å²) >= 11 is 0. The van der Waals surface area contributed by atoms with Crippen molar-refractivity contribution in [2.24, 2.45) is 0 Å². The van der Waals surface area contributed by atoms with Crippen molar-refractivity contribution in [3.05, 3.63) is 34.9 Å². The third-order valence-electron chi connectivity index (χ3n) is 3.92. The maximum atomic E-state index is 12.4. The van der Waals surface area contributed by atoms with Gasteiger partial charge in [-0.15, -0.1) is 0 Å². The van der Waals surface area contributed by atoms with Gasteiger partial charge in [0, 0.05) is 39.5 Å². The zero-order chi connectivity index (χ0) is 20.4. The Hall–Kier alpha value is -2.27. The van der Waals surface area contributed by atoms with E-state index in [0.29, 0.717) is 19.0 Å². The number of hydrogen-bond donors (Lipinski definition) is 1. The molecule has 1 aromatic carbocycles. The van der Waals surface area contributed by atoms with E-state index in [1.165, 1.54) is 53.7 Å². The monoisotopic (exact) mass is 399 g/mol. The molecule has 0 spiro atoms. The van der Waals surface area contributed by atoms with E-state index in [-0.39, 0.29) is 16.7 Å². The zero-order valence-corrected chi connectivity index (χ0v) is 17.1. The predicted molar refractivity (Wildman–Crippen MR) is 97.7 cm³/mol. The van der Waals surface area contributed by atoms with E-state index >= 15 is 0 Å². The van der Waals surface area contributed by atoms with Crippen LogP contribution in [0.15, 0.2) is 18.2 Å². The molecule has 0 fully saturated rings. The van der Waals surface area contributed by atoms with Crippen LogP contribution in [0.1, 0.15) is 37.5 Å². The summed E-state index contributed by atoms with van der Waals surface area (Å²) in [6.07, 6.45) is 0.564. The van der Waals surface area contributed by atoms with Crippen LogP contribution in [0.4, 0.5) is 0 Å². The molecular weight excluding hydrogens is 374 g/mol. The van der Waals surface area contributed by atoms with Crippen molar-refractivity contribution in [2.45, 2.75) is 12.5 Å². The molecule has 1 aromatic rings. The van der Waals surface area contributed by atoms with Gasteiger partial charge in [-0.05, 0) is 24.6 Å². The second-order valence-electron chi connectivity index (χ2n) is 5.44. The molecule has 1 amide bonds. The van der Waals surface area contributed by atoms with Gasteiger partial charge in [0.1, 0.15) is 0 Å². The molecule has 0 radical (unpaired) electrons. The van der Waals surface area contributed by atoms with Crippen LogP contribution in [-0.4, -0.2) is 68.7 Å². The van der Waals surface area contributed by atoms with Crippen LogP contribution in [0.25, 0.3) is 0 Å². The number of benzene rings is 1. The Bertz CT molecular complexity index is 632. The largest absolute Gasteiger partial charge is 0.500 e. The highest BCUT2D eigenvalue weighted by Gasteiger charge is 2.36. The van der Waals surface area contributed by atoms with Gasteiger partial charge < -0.3 is 28.1 Å². The number of amides is 1. The molecule has 0 saturated heterocycles. The number of rotatable bonds is 10. The predicted octanol–water partition coefficient (Wildman–Crippen LogP) is 1.26. The summed E-state index contributed by atoms with van der Waals surface area (Å²) in [4.78, 5) is 36.0. The summed E-state index contributed by atoms with van der Waals surface area (Å²) in [5.41, 5.74) is 0.303. The van der Waals surface area contributed by atoms with Gasteiger partial charge >= 0.3 is 20.7 Å². The van der Waals surface area contributed by atoms with Crippen LogP contribution in [0.3, 0.4) is 0 Å². The summed E-state index contributed by atoms with van der Waals surface area (Å²) in [6.45, 7) is 0.333. The van der Waals surface area contributed by atoms with E-state index in [0.717, 1.165) is 0 Å². The summed E-state index contributed by atoms with van der Waals surface area (Å²) in [6, 6.07) is 4.54. The van der Waals surface area contributed by atoms with Gasteiger partial charge in [0.05, 0.1) is 25.3 Å². The number of methoxy groups -OCH3 is 2. The van der Waals surface area contributed by atoms with Gasteiger partial charge in [-0.1, -0.05) is 0 Å². The van der Waals surface area contributed by atoms with Crippen LogP contribution in [0.2, 0.25) is 6.04 Å². The molecule has 0 aliphatic rings. The second kappa shape index (κ2) is 10.8. The first-order valence-corrected chi connectivity index (χ1v) is 10.0. The van der Waals surface area contributed by atoms with E-state index in [1.54, 1.807) is 0 Å². The average Bonchev–Trinajstić information content (AvgIpc) is 2.72. The molecule has 0 aliphatic heterocycles. The van der Waals surface area contributed by atoms with Crippen molar-refractivity contribution in [3.63, 3.8) is 0 Å². The zero-order valence-electron chi connectivity index (χ0n) is 16.1. The molecule has 150 valence electrons. The Morgan fingerprint density at radius 2 is 1.26 bits per heavy atom. The molecule has 0 atom stereocenters. The number of esters is 2. The fourth-order valence-electron chi connectivity index (χ4n) is 2.40. The van der Waals surface area contributed by atoms with Crippen molar-refractivity contribution in [1.82, 2.24) is 5.32 Å². The molecule has 9 nitrogen and oxygen atoms in total. The van der Waals surface area contributed by atoms with Gasteiger partial charge in [-0.25, -0.2) is 9.59 Å². The first-order valence-electron chi connectivity index (χ1n) is 8.11. The van der Waals surface area contributed by atoms with E-state index in [2.05, 4.69) is 14.8 Å². The van der Waals surface area contributed by atoms with Gasteiger partial charge in [-0.2, -0.15) is 0 Å². The fourth-order valence-corrected chi connectivity index (χ4v) is 4.12. The topological polar surface area (TPSA) is 109 Å². The maximum absolute atomic E-state index is 12.4.